The third kappa shape index (κ3) is 7.67. The summed E-state index contributed by atoms with van der Waals surface area (Å²) in [5, 5.41) is 17.0. The normalized spacial score (nSPS) is 15.8. The second kappa shape index (κ2) is 13.5. The van der Waals surface area contributed by atoms with Crippen molar-refractivity contribution < 1.29 is 29.0 Å². The van der Waals surface area contributed by atoms with Crippen LogP contribution in [0.15, 0.2) is 66.0 Å². The molecule has 2 aliphatic rings. The molecule has 42 heavy (non-hydrogen) atoms. The smallest absolute Gasteiger partial charge is 0.305 e. The molecule has 1 aromatic heterocycles. The monoisotopic (exact) mass is 590 g/mol. The molecule has 1 atom stereocenters. The number of anilines is 2. The fraction of sp³-hybridized carbons (Fsp3) is 0.355. The molecule has 220 valence electrons. The summed E-state index contributed by atoms with van der Waals surface area (Å²) in [4.78, 5) is 55.2. The number of rotatable bonds is 11. The molecule has 10 nitrogen and oxygen atoms in total. The first kappa shape index (κ1) is 29.1. The molecule has 1 saturated carbocycles. The lowest BCUT2D eigenvalue weighted by Gasteiger charge is -2.26. The van der Waals surface area contributed by atoms with Crippen LogP contribution in [-0.2, 0) is 14.4 Å². The van der Waals surface area contributed by atoms with Crippen molar-refractivity contribution >= 4 is 46.4 Å². The van der Waals surface area contributed by atoms with Gasteiger partial charge in [-0.05, 0) is 61.0 Å². The molecule has 2 heterocycles. The van der Waals surface area contributed by atoms with Gasteiger partial charge in [-0.1, -0.05) is 24.3 Å². The zero-order valence-electron chi connectivity index (χ0n) is 23.2. The van der Waals surface area contributed by atoms with Gasteiger partial charge in [0.15, 0.2) is 6.61 Å². The Bertz CT molecular complexity index is 1410. The van der Waals surface area contributed by atoms with Crippen LogP contribution in [0.5, 0.6) is 5.75 Å². The molecular weight excluding hydrogens is 556 g/mol. The quantitative estimate of drug-likeness (QED) is 0.306. The van der Waals surface area contributed by atoms with E-state index in [1.807, 2.05) is 34.5 Å². The fourth-order valence-corrected chi connectivity index (χ4v) is 5.78. The number of amides is 3. The summed E-state index contributed by atoms with van der Waals surface area (Å²) in [6.07, 6.45) is 2.45. The van der Waals surface area contributed by atoms with Gasteiger partial charge in [-0.2, -0.15) is 0 Å². The number of thiophene rings is 1. The third-order valence-corrected chi connectivity index (χ3v) is 8.28. The number of hydrogen-bond acceptors (Lipinski definition) is 7. The number of carbonyl (C=O) groups excluding carboxylic acids is 3. The summed E-state index contributed by atoms with van der Waals surface area (Å²) in [5.41, 5.74) is 1.46. The van der Waals surface area contributed by atoms with Crippen LogP contribution in [0.25, 0.3) is 0 Å². The maximum Gasteiger partial charge on any atom is 0.305 e. The van der Waals surface area contributed by atoms with Gasteiger partial charge < -0.3 is 30.3 Å². The van der Waals surface area contributed by atoms with Crippen LogP contribution in [0.4, 0.5) is 11.4 Å². The maximum atomic E-state index is 13.3. The highest BCUT2D eigenvalue weighted by atomic mass is 32.1. The minimum Gasteiger partial charge on any atom is -0.484 e. The Kier molecular flexibility index (Phi) is 9.38. The van der Waals surface area contributed by atoms with Crippen LogP contribution < -0.4 is 20.3 Å². The average molecular weight is 591 g/mol. The molecule has 2 fully saturated rings. The van der Waals surface area contributed by atoms with E-state index in [1.165, 1.54) is 11.3 Å². The van der Waals surface area contributed by atoms with E-state index < -0.39 is 17.9 Å². The minimum atomic E-state index is -1.02. The number of para-hydroxylation sites is 1. The Morgan fingerprint density at radius 3 is 2.50 bits per heavy atom. The van der Waals surface area contributed by atoms with E-state index in [-0.39, 0.29) is 36.3 Å². The zero-order valence-corrected chi connectivity index (χ0v) is 24.0. The van der Waals surface area contributed by atoms with Crippen LogP contribution >= 0.6 is 11.3 Å². The highest BCUT2D eigenvalue weighted by Crippen LogP contribution is 2.33. The van der Waals surface area contributed by atoms with Gasteiger partial charge in [-0.3, -0.25) is 19.2 Å². The highest BCUT2D eigenvalue weighted by molar-refractivity contribution is 7.10. The first-order chi connectivity index (χ1) is 20.4. The van der Waals surface area contributed by atoms with Crippen molar-refractivity contribution in [1.29, 1.82) is 0 Å². The summed E-state index contributed by atoms with van der Waals surface area (Å²) in [6, 6.07) is 17.0. The highest BCUT2D eigenvalue weighted by Gasteiger charge is 2.34. The molecule has 1 unspecified atom stereocenters. The third-order valence-electron chi connectivity index (χ3n) is 7.29. The molecule has 5 rings (SSSR count). The second-order valence-corrected chi connectivity index (χ2v) is 11.4. The summed E-state index contributed by atoms with van der Waals surface area (Å²) in [7, 11) is 0. The predicted molar refractivity (Wildman–Crippen MR) is 160 cm³/mol. The lowest BCUT2D eigenvalue weighted by Crippen LogP contribution is -2.36. The summed E-state index contributed by atoms with van der Waals surface area (Å²) in [5.74, 6) is -0.919. The number of benzene rings is 2. The molecule has 11 heteroatoms. The van der Waals surface area contributed by atoms with Crippen LogP contribution in [0.1, 0.15) is 47.0 Å². The first-order valence-corrected chi connectivity index (χ1v) is 15.0. The number of hydrogen-bond donors (Lipinski definition) is 3. The molecule has 0 spiro atoms. The van der Waals surface area contributed by atoms with Crippen molar-refractivity contribution in [1.82, 2.24) is 10.2 Å². The SMILES string of the molecule is O=C(O)CC(NC(=O)c1ccc(N2CCCN(C(=O)C3CC3)CC2)c(NC(=O)COc2ccccc2)c1)c1cccs1. The second-order valence-electron chi connectivity index (χ2n) is 10.5. The Hall–Kier alpha value is -4.38. The van der Waals surface area contributed by atoms with E-state index in [1.54, 1.807) is 36.4 Å². The number of nitrogens with zero attached hydrogens (tertiary/aromatic N) is 2. The number of nitrogens with one attached hydrogen (secondary N) is 2. The zero-order chi connectivity index (χ0) is 29.5. The molecule has 1 saturated heterocycles. The molecule has 3 amide bonds. The lowest BCUT2D eigenvalue weighted by molar-refractivity contribution is -0.137. The van der Waals surface area contributed by atoms with Crippen molar-refractivity contribution in [3.05, 3.63) is 76.5 Å². The molecule has 0 radical (unpaired) electrons. The number of carbonyl (C=O) groups is 4. The van der Waals surface area contributed by atoms with Crippen molar-refractivity contribution in [3.8, 4) is 5.75 Å². The number of aliphatic carboxylic acids is 1. The largest absolute Gasteiger partial charge is 0.484 e. The first-order valence-electron chi connectivity index (χ1n) is 14.1. The van der Waals surface area contributed by atoms with Crippen molar-refractivity contribution in [2.75, 3.05) is 43.0 Å². The van der Waals surface area contributed by atoms with E-state index >= 15 is 0 Å². The van der Waals surface area contributed by atoms with E-state index in [4.69, 9.17) is 4.74 Å². The predicted octanol–water partition coefficient (Wildman–Crippen LogP) is 4.16. The van der Waals surface area contributed by atoms with Crippen LogP contribution in [0, 0.1) is 5.92 Å². The van der Waals surface area contributed by atoms with Crippen molar-refractivity contribution in [2.24, 2.45) is 5.92 Å². The van der Waals surface area contributed by atoms with E-state index in [2.05, 4.69) is 15.5 Å². The summed E-state index contributed by atoms with van der Waals surface area (Å²) in [6.45, 7) is 2.32. The van der Waals surface area contributed by atoms with E-state index in [0.717, 1.165) is 29.8 Å². The topological polar surface area (TPSA) is 128 Å². The van der Waals surface area contributed by atoms with Gasteiger partial charge in [0.1, 0.15) is 5.75 Å². The molecule has 2 aromatic carbocycles. The van der Waals surface area contributed by atoms with Crippen LogP contribution in [0.2, 0.25) is 0 Å². The van der Waals surface area contributed by atoms with Crippen LogP contribution in [0.3, 0.4) is 0 Å². The molecule has 0 bridgehead atoms. The number of ether oxygens (including phenoxy) is 1. The Morgan fingerprint density at radius 1 is 0.976 bits per heavy atom. The lowest BCUT2D eigenvalue weighted by atomic mass is 10.1. The van der Waals surface area contributed by atoms with Crippen molar-refractivity contribution in [3.63, 3.8) is 0 Å². The van der Waals surface area contributed by atoms with Gasteiger partial charge in [0.25, 0.3) is 11.8 Å². The van der Waals surface area contributed by atoms with Gasteiger partial charge in [-0.25, -0.2) is 0 Å². The van der Waals surface area contributed by atoms with Gasteiger partial charge in [0, 0.05) is 42.5 Å². The number of carboxylic acids is 1. The average Bonchev–Trinajstić information content (AvgIpc) is 3.75. The Labute approximate surface area is 248 Å². The van der Waals surface area contributed by atoms with E-state index in [0.29, 0.717) is 37.6 Å². The Morgan fingerprint density at radius 2 is 1.79 bits per heavy atom. The van der Waals surface area contributed by atoms with E-state index in [9.17, 15) is 24.3 Å². The molecule has 3 aromatic rings. The maximum absolute atomic E-state index is 13.3. The summed E-state index contributed by atoms with van der Waals surface area (Å²) < 4.78 is 5.62. The van der Waals surface area contributed by atoms with Crippen molar-refractivity contribution in [2.45, 2.75) is 31.7 Å². The van der Waals surface area contributed by atoms with Gasteiger partial charge in [0.05, 0.1) is 23.8 Å². The molecule has 3 N–H and O–H groups in total. The summed E-state index contributed by atoms with van der Waals surface area (Å²) >= 11 is 1.37. The molecule has 1 aliphatic carbocycles. The number of carboxylic acid groups (broad SMARTS) is 1. The Balaban J connectivity index is 1.35. The van der Waals surface area contributed by atoms with Gasteiger partial charge in [-0.15, -0.1) is 11.3 Å². The van der Waals surface area contributed by atoms with Crippen LogP contribution in [-0.4, -0.2) is 66.5 Å². The minimum absolute atomic E-state index is 0.160. The van der Waals surface area contributed by atoms with Gasteiger partial charge in [0.2, 0.25) is 5.91 Å². The molecule has 1 aliphatic heterocycles. The molecular formula is C31H34N4O6S. The standard InChI is InChI=1S/C31H34N4O6S/c36-28(20-41-23-6-2-1-3-7-23)32-24-18-22(30(39)33-25(19-29(37)38)27-8-4-17-42-27)11-12-26(24)34-13-5-14-35(16-15-34)31(40)21-9-10-21/h1-4,6-8,11-12,17-18,21,25H,5,9-10,13-16,19-20H2,(H,32,36)(H,33,39)(H,37,38). The van der Waals surface area contributed by atoms with Gasteiger partial charge >= 0.3 is 5.97 Å². The fourth-order valence-electron chi connectivity index (χ4n) is 5.00.